The lowest BCUT2D eigenvalue weighted by molar-refractivity contribution is 0.126. The van der Waals surface area contributed by atoms with Gasteiger partial charge >= 0.3 is 0 Å². The zero-order valence-corrected chi connectivity index (χ0v) is 11.5. The Bertz CT molecular complexity index is 351. The van der Waals surface area contributed by atoms with Crippen molar-refractivity contribution in [2.24, 2.45) is 5.92 Å². The molecule has 0 aromatic carbocycles. The van der Waals surface area contributed by atoms with Gasteiger partial charge in [0.05, 0.1) is 17.1 Å². The third kappa shape index (κ3) is 3.20. The number of sulfone groups is 1. The zero-order chi connectivity index (χ0) is 12.5. The van der Waals surface area contributed by atoms with Gasteiger partial charge in [0.15, 0.2) is 9.84 Å². The van der Waals surface area contributed by atoms with Crippen molar-refractivity contribution in [2.45, 2.75) is 50.5 Å². The third-order valence-corrected chi connectivity index (χ3v) is 6.20. The highest BCUT2D eigenvalue weighted by molar-refractivity contribution is 7.92. The van der Waals surface area contributed by atoms with Crippen molar-refractivity contribution in [3.8, 4) is 0 Å². The standard InChI is InChI=1S/C12H23NO3S/c1-3-13-11(10-4-5-10)8-17(14,15)12-6-7-16-9(12)2/h9-13H,3-8H2,1-2H3. The highest BCUT2D eigenvalue weighted by Crippen LogP contribution is 2.34. The van der Waals surface area contributed by atoms with Crippen LogP contribution in [0.1, 0.15) is 33.1 Å². The molecule has 4 nitrogen and oxygen atoms in total. The summed E-state index contributed by atoms with van der Waals surface area (Å²) in [6.45, 7) is 5.33. The van der Waals surface area contributed by atoms with Gasteiger partial charge in [-0.3, -0.25) is 0 Å². The summed E-state index contributed by atoms with van der Waals surface area (Å²) in [4.78, 5) is 0. The minimum atomic E-state index is -3.02. The molecule has 0 radical (unpaired) electrons. The molecule has 2 aliphatic rings. The van der Waals surface area contributed by atoms with Gasteiger partial charge in [-0.1, -0.05) is 6.92 Å². The summed E-state index contributed by atoms with van der Waals surface area (Å²) in [6.07, 6.45) is 2.86. The molecule has 1 N–H and O–H groups in total. The van der Waals surface area contributed by atoms with E-state index >= 15 is 0 Å². The van der Waals surface area contributed by atoms with Crippen molar-refractivity contribution in [1.82, 2.24) is 5.32 Å². The lowest BCUT2D eigenvalue weighted by atomic mass is 10.2. The van der Waals surface area contributed by atoms with Crippen molar-refractivity contribution in [3.05, 3.63) is 0 Å². The fourth-order valence-electron chi connectivity index (χ4n) is 2.68. The summed E-state index contributed by atoms with van der Waals surface area (Å²) in [5.74, 6) is 0.853. The highest BCUT2D eigenvalue weighted by atomic mass is 32.2. The molecule has 0 bridgehead atoms. The molecule has 1 heterocycles. The second-order valence-electron chi connectivity index (χ2n) is 5.23. The lowest BCUT2D eigenvalue weighted by Gasteiger charge is -2.21. The molecule has 3 unspecified atom stereocenters. The number of hydrogen-bond donors (Lipinski definition) is 1. The Kier molecular flexibility index (Phi) is 4.10. The predicted molar refractivity (Wildman–Crippen MR) is 67.8 cm³/mol. The molecular weight excluding hydrogens is 238 g/mol. The average molecular weight is 261 g/mol. The molecule has 1 aliphatic heterocycles. The molecule has 0 amide bonds. The van der Waals surface area contributed by atoms with Gasteiger partial charge in [-0.25, -0.2) is 8.42 Å². The van der Waals surface area contributed by atoms with Gasteiger partial charge in [0.1, 0.15) is 0 Å². The summed E-state index contributed by atoms with van der Waals surface area (Å²) in [6, 6.07) is 0.151. The number of rotatable bonds is 6. The first-order valence-corrected chi connectivity index (χ1v) is 8.32. The summed E-state index contributed by atoms with van der Waals surface area (Å²) >= 11 is 0. The fraction of sp³-hybridized carbons (Fsp3) is 1.00. The molecule has 1 aliphatic carbocycles. The Hall–Kier alpha value is -0.130. The van der Waals surface area contributed by atoms with E-state index in [1.807, 2.05) is 13.8 Å². The molecule has 5 heteroatoms. The van der Waals surface area contributed by atoms with Crippen LogP contribution in [0, 0.1) is 5.92 Å². The second-order valence-corrected chi connectivity index (χ2v) is 7.50. The number of hydrogen-bond acceptors (Lipinski definition) is 4. The molecule has 17 heavy (non-hydrogen) atoms. The van der Waals surface area contributed by atoms with Crippen molar-refractivity contribution >= 4 is 9.84 Å². The van der Waals surface area contributed by atoms with Gasteiger partial charge in [0.2, 0.25) is 0 Å². The fourth-order valence-corrected chi connectivity index (χ4v) is 4.94. The first-order chi connectivity index (χ1) is 8.04. The summed E-state index contributed by atoms with van der Waals surface area (Å²) < 4.78 is 30.1. The van der Waals surface area contributed by atoms with Crippen LogP contribution in [0.3, 0.4) is 0 Å². The lowest BCUT2D eigenvalue weighted by Crippen LogP contribution is -2.42. The van der Waals surface area contributed by atoms with E-state index in [0.29, 0.717) is 18.9 Å². The quantitative estimate of drug-likeness (QED) is 0.774. The SMILES string of the molecule is CCNC(CS(=O)(=O)C1CCOC1C)C1CC1. The van der Waals surface area contributed by atoms with Gasteiger partial charge in [-0.2, -0.15) is 0 Å². The molecule has 1 saturated carbocycles. The van der Waals surface area contributed by atoms with Crippen LogP contribution in [0.25, 0.3) is 0 Å². The van der Waals surface area contributed by atoms with Crippen molar-refractivity contribution in [3.63, 3.8) is 0 Å². The Balaban J connectivity index is 1.99. The topological polar surface area (TPSA) is 55.4 Å². The van der Waals surface area contributed by atoms with Crippen LogP contribution in [0.15, 0.2) is 0 Å². The monoisotopic (exact) mass is 261 g/mol. The third-order valence-electron chi connectivity index (χ3n) is 3.84. The summed E-state index contributed by atoms with van der Waals surface area (Å²) in [7, 11) is -3.02. The first-order valence-electron chi connectivity index (χ1n) is 6.61. The van der Waals surface area contributed by atoms with Gasteiger partial charge in [0.25, 0.3) is 0 Å². The van der Waals surface area contributed by atoms with Crippen LogP contribution >= 0.6 is 0 Å². The van der Waals surface area contributed by atoms with Crippen molar-refractivity contribution in [1.29, 1.82) is 0 Å². The first kappa shape index (κ1) is 13.3. The molecule has 0 spiro atoms. The minimum absolute atomic E-state index is 0.138. The molecule has 100 valence electrons. The Morgan fingerprint density at radius 2 is 2.06 bits per heavy atom. The minimum Gasteiger partial charge on any atom is -0.377 e. The maximum atomic E-state index is 12.3. The average Bonchev–Trinajstić information content (AvgIpc) is 3.00. The predicted octanol–water partition coefficient (Wildman–Crippen LogP) is 0.967. The smallest absolute Gasteiger partial charge is 0.157 e. The molecule has 0 aromatic heterocycles. The van der Waals surface area contributed by atoms with E-state index in [1.54, 1.807) is 0 Å². The maximum Gasteiger partial charge on any atom is 0.157 e. The van der Waals surface area contributed by atoms with E-state index in [4.69, 9.17) is 4.74 Å². The number of ether oxygens (including phenoxy) is 1. The van der Waals surface area contributed by atoms with Crippen molar-refractivity contribution in [2.75, 3.05) is 18.9 Å². The van der Waals surface area contributed by atoms with Crippen LogP contribution in [-0.2, 0) is 14.6 Å². The van der Waals surface area contributed by atoms with E-state index in [-0.39, 0.29) is 23.1 Å². The van der Waals surface area contributed by atoms with Gasteiger partial charge < -0.3 is 10.1 Å². The summed E-state index contributed by atoms with van der Waals surface area (Å²) in [5.41, 5.74) is 0. The van der Waals surface area contributed by atoms with Crippen LogP contribution in [0.2, 0.25) is 0 Å². The van der Waals surface area contributed by atoms with Gasteiger partial charge in [0, 0.05) is 12.6 Å². The van der Waals surface area contributed by atoms with Gasteiger partial charge in [-0.15, -0.1) is 0 Å². The summed E-state index contributed by atoms with van der Waals surface area (Å²) in [5, 5.41) is 3.03. The van der Waals surface area contributed by atoms with E-state index in [1.165, 1.54) is 12.8 Å². The molecule has 3 atom stereocenters. The van der Waals surface area contributed by atoms with E-state index < -0.39 is 9.84 Å². The van der Waals surface area contributed by atoms with Crippen LogP contribution in [-0.4, -0.2) is 44.7 Å². The molecule has 1 saturated heterocycles. The Morgan fingerprint density at radius 3 is 2.53 bits per heavy atom. The van der Waals surface area contributed by atoms with Crippen LogP contribution in [0.4, 0.5) is 0 Å². The van der Waals surface area contributed by atoms with Crippen LogP contribution < -0.4 is 5.32 Å². The Morgan fingerprint density at radius 1 is 1.35 bits per heavy atom. The molecule has 0 aromatic rings. The van der Waals surface area contributed by atoms with E-state index in [9.17, 15) is 8.42 Å². The van der Waals surface area contributed by atoms with Gasteiger partial charge in [-0.05, 0) is 38.6 Å². The normalized spacial score (nSPS) is 31.6. The number of nitrogens with one attached hydrogen (secondary N) is 1. The van der Waals surface area contributed by atoms with E-state index in [2.05, 4.69) is 5.32 Å². The second kappa shape index (κ2) is 5.24. The maximum absolute atomic E-state index is 12.3. The highest BCUT2D eigenvalue weighted by Gasteiger charge is 2.40. The zero-order valence-electron chi connectivity index (χ0n) is 10.7. The molecule has 2 fully saturated rings. The van der Waals surface area contributed by atoms with E-state index in [0.717, 1.165) is 6.54 Å². The van der Waals surface area contributed by atoms with Crippen molar-refractivity contribution < 1.29 is 13.2 Å². The Labute approximate surface area is 104 Å². The molecule has 2 rings (SSSR count). The largest absolute Gasteiger partial charge is 0.377 e. The molecular formula is C12H23NO3S. The van der Waals surface area contributed by atoms with Crippen LogP contribution in [0.5, 0.6) is 0 Å².